The van der Waals surface area contributed by atoms with Crippen molar-refractivity contribution in [2.24, 2.45) is 0 Å². The maximum atomic E-state index is 6.13. The van der Waals surface area contributed by atoms with E-state index in [1.165, 1.54) is 0 Å². The summed E-state index contributed by atoms with van der Waals surface area (Å²) >= 11 is 8.00. The van der Waals surface area contributed by atoms with E-state index in [0.29, 0.717) is 6.04 Å². The molecule has 1 atom stereocenters. The van der Waals surface area contributed by atoms with E-state index < -0.39 is 0 Å². The fourth-order valence-electron chi connectivity index (χ4n) is 1.87. The number of halogens is 1. The molecule has 1 N–H and O–H groups in total. The normalized spacial score (nSPS) is 12.5. The Bertz CT molecular complexity index is 373. The van der Waals surface area contributed by atoms with Crippen molar-refractivity contribution in [1.29, 1.82) is 0 Å². The second kappa shape index (κ2) is 7.87. The lowest BCUT2D eigenvalue weighted by atomic mass is 10.2. The van der Waals surface area contributed by atoms with Crippen LogP contribution in [0.25, 0.3) is 0 Å². The second-order valence-electron chi connectivity index (χ2n) is 4.29. The molecule has 18 heavy (non-hydrogen) atoms. The Labute approximate surface area is 119 Å². The van der Waals surface area contributed by atoms with E-state index in [0.717, 1.165) is 35.1 Å². The van der Waals surface area contributed by atoms with Crippen LogP contribution in [0.5, 0.6) is 0 Å². The van der Waals surface area contributed by atoms with Gasteiger partial charge in [-0.3, -0.25) is 0 Å². The summed E-state index contributed by atoms with van der Waals surface area (Å²) in [4.78, 5) is 6.67. The smallest absolute Gasteiger partial charge is 0.128 e. The van der Waals surface area contributed by atoms with E-state index in [9.17, 15) is 0 Å². The number of rotatable bonds is 7. The van der Waals surface area contributed by atoms with Crippen molar-refractivity contribution >= 4 is 29.2 Å². The van der Waals surface area contributed by atoms with E-state index in [4.69, 9.17) is 11.6 Å². The summed E-state index contributed by atoms with van der Waals surface area (Å²) in [6.07, 6.45) is 4.99. The Morgan fingerprint density at radius 1 is 1.56 bits per heavy atom. The number of pyridine rings is 1. The third-order valence-corrected chi connectivity index (χ3v) is 4.09. The summed E-state index contributed by atoms with van der Waals surface area (Å²) in [6, 6.07) is 2.58. The van der Waals surface area contributed by atoms with Crippen molar-refractivity contribution in [1.82, 2.24) is 10.3 Å². The zero-order chi connectivity index (χ0) is 13.5. The number of anilines is 1. The Morgan fingerprint density at radius 3 is 2.83 bits per heavy atom. The third-order valence-electron chi connectivity index (χ3n) is 3.03. The van der Waals surface area contributed by atoms with Crippen LogP contribution in [0.3, 0.4) is 0 Å². The van der Waals surface area contributed by atoms with Crippen LogP contribution in [0.4, 0.5) is 5.82 Å². The van der Waals surface area contributed by atoms with Gasteiger partial charge in [0, 0.05) is 31.6 Å². The molecule has 0 aliphatic heterocycles. The number of aromatic nitrogens is 1. The molecule has 3 nitrogen and oxygen atoms in total. The molecule has 0 spiro atoms. The van der Waals surface area contributed by atoms with Crippen molar-refractivity contribution in [2.75, 3.05) is 31.0 Å². The zero-order valence-electron chi connectivity index (χ0n) is 11.5. The highest BCUT2D eigenvalue weighted by atomic mass is 35.5. The molecule has 0 saturated heterocycles. The van der Waals surface area contributed by atoms with Gasteiger partial charge in [-0.1, -0.05) is 18.5 Å². The van der Waals surface area contributed by atoms with Crippen LogP contribution in [0.1, 0.15) is 18.9 Å². The summed E-state index contributed by atoms with van der Waals surface area (Å²) < 4.78 is 0. The van der Waals surface area contributed by atoms with Crippen molar-refractivity contribution in [3.8, 4) is 0 Å². The van der Waals surface area contributed by atoms with E-state index in [2.05, 4.69) is 41.5 Å². The number of hydrogen-bond donors (Lipinski definition) is 1. The summed E-state index contributed by atoms with van der Waals surface area (Å²) in [7, 11) is 4.02. The average Bonchev–Trinajstić information content (AvgIpc) is 2.38. The van der Waals surface area contributed by atoms with Crippen molar-refractivity contribution < 1.29 is 0 Å². The van der Waals surface area contributed by atoms with Gasteiger partial charge in [0.2, 0.25) is 0 Å². The van der Waals surface area contributed by atoms with E-state index in [1.54, 1.807) is 6.20 Å². The predicted molar refractivity (Wildman–Crippen MR) is 82.9 cm³/mol. The fraction of sp³-hybridized carbons (Fsp3) is 0.615. The molecule has 1 unspecified atom stereocenters. The van der Waals surface area contributed by atoms with E-state index in [-0.39, 0.29) is 0 Å². The highest BCUT2D eigenvalue weighted by molar-refractivity contribution is 7.98. The summed E-state index contributed by atoms with van der Waals surface area (Å²) in [6.45, 7) is 2.98. The highest BCUT2D eigenvalue weighted by Crippen LogP contribution is 2.22. The lowest BCUT2D eigenvalue weighted by molar-refractivity contribution is 0.665. The molecular weight excluding hydrogens is 266 g/mol. The van der Waals surface area contributed by atoms with Crippen LogP contribution in [0.2, 0.25) is 5.02 Å². The first-order chi connectivity index (χ1) is 8.63. The Kier molecular flexibility index (Phi) is 6.82. The summed E-state index contributed by atoms with van der Waals surface area (Å²) in [5.41, 5.74) is 1.09. The topological polar surface area (TPSA) is 28.2 Å². The van der Waals surface area contributed by atoms with Crippen molar-refractivity contribution in [3.05, 3.63) is 22.8 Å². The van der Waals surface area contributed by atoms with Gasteiger partial charge in [-0.15, -0.1) is 0 Å². The molecule has 1 heterocycles. The van der Waals surface area contributed by atoms with Crippen LogP contribution in [-0.2, 0) is 6.54 Å². The third kappa shape index (κ3) is 4.04. The van der Waals surface area contributed by atoms with Gasteiger partial charge < -0.3 is 10.2 Å². The molecule has 5 heteroatoms. The maximum Gasteiger partial charge on any atom is 0.128 e. The van der Waals surface area contributed by atoms with Gasteiger partial charge in [-0.2, -0.15) is 11.8 Å². The average molecular weight is 288 g/mol. The monoisotopic (exact) mass is 287 g/mol. The van der Waals surface area contributed by atoms with Gasteiger partial charge in [0.1, 0.15) is 5.82 Å². The highest BCUT2D eigenvalue weighted by Gasteiger charge is 2.15. The standard InChI is InChI=1S/C13H22ClN3S/c1-5-11(9-18-4)17(3)13-6-10(7-15-2)12(14)8-16-13/h6,8,11,15H,5,7,9H2,1-4H3. The van der Waals surface area contributed by atoms with Gasteiger partial charge in [-0.25, -0.2) is 4.98 Å². The van der Waals surface area contributed by atoms with Crippen molar-refractivity contribution in [2.45, 2.75) is 25.9 Å². The number of hydrogen-bond acceptors (Lipinski definition) is 4. The lowest BCUT2D eigenvalue weighted by Crippen LogP contribution is -2.33. The molecule has 0 aromatic carbocycles. The molecule has 0 saturated carbocycles. The zero-order valence-corrected chi connectivity index (χ0v) is 13.1. The van der Waals surface area contributed by atoms with Crippen LogP contribution in [0, 0.1) is 0 Å². The molecule has 0 radical (unpaired) electrons. The van der Waals surface area contributed by atoms with E-state index >= 15 is 0 Å². The SMILES string of the molecule is CCC(CSC)N(C)c1cc(CNC)c(Cl)cn1. The largest absolute Gasteiger partial charge is 0.356 e. The number of nitrogens with one attached hydrogen (secondary N) is 1. The second-order valence-corrected chi connectivity index (χ2v) is 5.61. The van der Waals surface area contributed by atoms with E-state index in [1.807, 2.05) is 18.8 Å². The Balaban J connectivity index is 2.90. The van der Waals surface area contributed by atoms with Gasteiger partial charge >= 0.3 is 0 Å². The molecule has 1 aromatic rings. The first-order valence-electron chi connectivity index (χ1n) is 6.14. The molecule has 1 aromatic heterocycles. The summed E-state index contributed by atoms with van der Waals surface area (Å²) in [5.74, 6) is 2.10. The minimum atomic E-state index is 0.510. The van der Waals surface area contributed by atoms with Crippen LogP contribution in [-0.4, -0.2) is 37.1 Å². The van der Waals surface area contributed by atoms with Crippen molar-refractivity contribution in [3.63, 3.8) is 0 Å². The van der Waals surface area contributed by atoms with Crippen LogP contribution in [0.15, 0.2) is 12.3 Å². The molecule has 102 valence electrons. The first kappa shape index (κ1) is 15.6. The van der Waals surface area contributed by atoms with Gasteiger partial charge in [-0.05, 0) is 31.4 Å². The summed E-state index contributed by atoms with van der Waals surface area (Å²) in [5, 5.41) is 3.85. The van der Waals surface area contributed by atoms with Crippen LogP contribution >= 0.6 is 23.4 Å². The predicted octanol–water partition coefficient (Wildman–Crippen LogP) is 3.03. The molecule has 0 aliphatic rings. The van der Waals surface area contributed by atoms with Crippen LogP contribution < -0.4 is 10.2 Å². The molecule has 0 amide bonds. The maximum absolute atomic E-state index is 6.13. The van der Waals surface area contributed by atoms with Gasteiger partial charge in [0.05, 0.1) is 5.02 Å². The van der Waals surface area contributed by atoms with Gasteiger partial charge in [0.25, 0.3) is 0 Å². The number of nitrogens with zero attached hydrogens (tertiary/aromatic N) is 2. The Hall–Kier alpha value is -0.450. The molecule has 0 fully saturated rings. The minimum absolute atomic E-state index is 0.510. The Morgan fingerprint density at radius 2 is 2.28 bits per heavy atom. The molecule has 0 aliphatic carbocycles. The van der Waals surface area contributed by atoms with Gasteiger partial charge in [0.15, 0.2) is 0 Å². The minimum Gasteiger partial charge on any atom is -0.356 e. The fourth-order valence-corrected chi connectivity index (χ4v) is 2.88. The molecular formula is C13H22ClN3S. The lowest BCUT2D eigenvalue weighted by Gasteiger charge is -2.28. The first-order valence-corrected chi connectivity index (χ1v) is 7.92. The number of thioether (sulfide) groups is 1. The quantitative estimate of drug-likeness (QED) is 0.834. The molecule has 0 bridgehead atoms. The molecule has 1 rings (SSSR count).